The smallest absolute Gasteiger partial charge is 0.275 e. The Morgan fingerprint density at radius 2 is 1.87 bits per heavy atom. The minimum absolute atomic E-state index is 0.122. The first-order valence-electron chi connectivity index (χ1n) is 8.91. The number of hydrogen-bond acceptors (Lipinski definition) is 7. The predicted molar refractivity (Wildman–Crippen MR) is 120 cm³/mol. The lowest BCUT2D eigenvalue weighted by Crippen LogP contribution is -2.27. The molecular formula is C21H16ClN7O2. The SMILES string of the molecule is CC(=N)C(=N)C(=O)Nc1cccc(-c2nc(Nc3ccc(Cl)cc3)[nH]c(=O)c2C#N)c1. The maximum Gasteiger partial charge on any atom is 0.275 e. The van der Waals surface area contributed by atoms with E-state index in [1.165, 1.54) is 13.0 Å². The molecule has 0 aliphatic heterocycles. The van der Waals surface area contributed by atoms with Crippen LogP contribution in [0.1, 0.15) is 12.5 Å². The summed E-state index contributed by atoms with van der Waals surface area (Å²) >= 11 is 5.88. The van der Waals surface area contributed by atoms with Crippen molar-refractivity contribution < 1.29 is 4.79 Å². The lowest BCUT2D eigenvalue weighted by atomic mass is 10.1. The van der Waals surface area contributed by atoms with Crippen LogP contribution >= 0.6 is 11.6 Å². The quantitative estimate of drug-likeness (QED) is 0.374. The van der Waals surface area contributed by atoms with Gasteiger partial charge in [0.05, 0.1) is 11.4 Å². The van der Waals surface area contributed by atoms with Gasteiger partial charge in [-0.25, -0.2) is 4.98 Å². The number of H-pyrrole nitrogens is 1. The molecule has 0 saturated carbocycles. The lowest BCUT2D eigenvalue weighted by Gasteiger charge is -2.11. The number of nitrogens with one attached hydrogen (secondary N) is 5. The van der Waals surface area contributed by atoms with Crippen LogP contribution in [-0.4, -0.2) is 27.3 Å². The van der Waals surface area contributed by atoms with Crippen molar-refractivity contribution in [2.45, 2.75) is 6.92 Å². The van der Waals surface area contributed by atoms with Crippen molar-refractivity contribution >= 4 is 46.3 Å². The van der Waals surface area contributed by atoms with E-state index in [1.807, 2.05) is 6.07 Å². The fraction of sp³-hybridized carbons (Fsp3) is 0.0476. The summed E-state index contributed by atoms with van der Waals surface area (Å²) in [4.78, 5) is 31.4. The van der Waals surface area contributed by atoms with Crippen LogP contribution in [0.2, 0.25) is 5.02 Å². The van der Waals surface area contributed by atoms with E-state index in [1.54, 1.807) is 42.5 Å². The highest BCUT2D eigenvalue weighted by molar-refractivity contribution is 6.66. The highest BCUT2D eigenvalue weighted by Gasteiger charge is 2.16. The molecule has 1 heterocycles. The summed E-state index contributed by atoms with van der Waals surface area (Å²) < 4.78 is 0. The summed E-state index contributed by atoms with van der Waals surface area (Å²) in [6, 6.07) is 15.0. The highest BCUT2D eigenvalue weighted by Crippen LogP contribution is 2.24. The first-order valence-corrected chi connectivity index (χ1v) is 9.29. The molecule has 0 bridgehead atoms. The van der Waals surface area contributed by atoms with E-state index in [4.69, 9.17) is 22.4 Å². The second kappa shape index (κ2) is 9.02. The fourth-order valence-electron chi connectivity index (χ4n) is 2.62. The zero-order chi connectivity index (χ0) is 22.5. The molecule has 0 aliphatic rings. The molecule has 0 atom stereocenters. The van der Waals surface area contributed by atoms with Crippen LogP contribution in [0.5, 0.6) is 0 Å². The molecule has 0 unspecified atom stereocenters. The summed E-state index contributed by atoms with van der Waals surface area (Å²) in [5.41, 5.74) is 0.0422. The van der Waals surface area contributed by atoms with Crippen LogP contribution in [0.4, 0.5) is 17.3 Å². The first-order chi connectivity index (χ1) is 14.8. The van der Waals surface area contributed by atoms with Gasteiger partial charge in [-0.2, -0.15) is 5.26 Å². The van der Waals surface area contributed by atoms with Gasteiger partial charge in [-0.1, -0.05) is 23.7 Å². The number of benzene rings is 2. The van der Waals surface area contributed by atoms with Crippen LogP contribution in [-0.2, 0) is 4.79 Å². The van der Waals surface area contributed by atoms with E-state index in [0.29, 0.717) is 22.0 Å². The molecule has 0 spiro atoms. The van der Waals surface area contributed by atoms with E-state index < -0.39 is 17.2 Å². The third-order valence-corrected chi connectivity index (χ3v) is 4.39. The van der Waals surface area contributed by atoms with Gasteiger partial charge < -0.3 is 16.0 Å². The molecule has 154 valence electrons. The molecule has 1 amide bonds. The maximum atomic E-state index is 12.4. The van der Waals surface area contributed by atoms with Crippen LogP contribution < -0.4 is 16.2 Å². The number of rotatable bonds is 6. The Morgan fingerprint density at radius 1 is 1.16 bits per heavy atom. The molecule has 3 aromatic rings. The van der Waals surface area contributed by atoms with E-state index in [9.17, 15) is 14.9 Å². The Kier molecular flexibility index (Phi) is 6.23. The standard InChI is InChI=1S/C21H16ClN7O2/c1-11(24)17(25)20(31)26-15-4-2-3-12(9-15)18-16(10-23)19(30)29-21(28-18)27-14-7-5-13(22)6-8-14/h2-9,24-25H,1H3,(H,26,31)(H2,27,28,29,30). The van der Waals surface area contributed by atoms with Crippen LogP contribution in [0.25, 0.3) is 11.3 Å². The third kappa shape index (κ3) is 5.01. The number of carbonyl (C=O) groups excluding carboxylic acids is 1. The lowest BCUT2D eigenvalue weighted by molar-refractivity contribution is -0.110. The molecule has 9 nitrogen and oxygen atoms in total. The van der Waals surface area contributed by atoms with Crippen molar-refractivity contribution in [1.82, 2.24) is 9.97 Å². The van der Waals surface area contributed by atoms with Crippen molar-refractivity contribution in [1.29, 1.82) is 16.1 Å². The van der Waals surface area contributed by atoms with Gasteiger partial charge in [0.25, 0.3) is 11.5 Å². The van der Waals surface area contributed by atoms with Crippen molar-refractivity contribution in [2.75, 3.05) is 10.6 Å². The predicted octanol–water partition coefficient (Wildman–Crippen LogP) is 3.70. The van der Waals surface area contributed by atoms with Crippen molar-refractivity contribution in [3.05, 3.63) is 69.5 Å². The monoisotopic (exact) mass is 433 g/mol. The average Bonchev–Trinajstić information content (AvgIpc) is 2.74. The number of hydrogen-bond donors (Lipinski definition) is 5. The summed E-state index contributed by atoms with van der Waals surface area (Å²) in [5.74, 6) is -0.619. The van der Waals surface area contributed by atoms with Gasteiger partial charge in [-0.3, -0.25) is 20.0 Å². The largest absolute Gasteiger partial charge is 0.326 e. The summed E-state index contributed by atoms with van der Waals surface area (Å²) in [5, 5.41) is 30.5. The van der Waals surface area contributed by atoms with Gasteiger partial charge in [-0.05, 0) is 43.3 Å². The summed E-state index contributed by atoms with van der Waals surface area (Å²) in [6.45, 7) is 1.34. The van der Waals surface area contributed by atoms with E-state index >= 15 is 0 Å². The van der Waals surface area contributed by atoms with Crippen molar-refractivity contribution in [3.63, 3.8) is 0 Å². The number of nitrogens with zero attached hydrogens (tertiary/aromatic N) is 2. The molecule has 0 radical (unpaired) electrons. The van der Waals surface area contributed by atoms with Crippen molar-refractivity contribution in [3.8, 4) is 17.3 Å². The van der Waals surface area contributed by atoms with Crippen molar-refractivity contribution in [2.24, 2.45) is 0 Å². The highest BCUT2D eigenvalue weighted by atomic mass is 35.5. The molecule has 10 heteroatoms. The number of amides is 1. The molecule has 3 rings (SSSR count). The van der Waals surface area contributed by atoms with Gasteiger partial charge >= 0.3 is 0 Å². The molecule has 1 aromatic heterocycles. The Labute approximate surface area is 181 Å². The Bertz CT molecular complexity index is 1290. The molecule has 5 N–H and O–H groups in total. The maximum absolute atomic E-state index is 12.4. The number of nitriles is 1. The van der Waals surface area contributed by atoms with Crippen LogP contribution in [0.15, 0.2) is 53.3 Å². The Balaban J connectivity index is 1.98. The van der Waals surface area contributed by atoms with Gasteiger partial charge in [0.1, 0.15) is 17.3 Å². The number of anilines is 3. The number of aromatic amines is 1. The van der Waals surface area contributed by atoms with Crippen LogP contribution in [0, 0.1) is 22.1 Å². The topological polar surface area (TPSA) is 158 Å². The molecule has 0 aliphatic carbocycles. The van der Waals surface area contributed by atoms with Crippen LogP contribution in [0.3, 0.4) is 0 Å². The van der Waals surface area contributed by atoms with Gasteiger partial charge in [0.15, 0.2) is 0 Å². The number of aromatic nitrogens is 2. The van der Waals surface area contributed by atoms with Gasteiger partial charge in [0, 0.05) is 22.0 Å². The molecular weight excluding hydrogens is 418 g/mol. The third-order valence-electron chi connectivity index (χ3n) is 4.13. The van der Waals surface area contributed by atoms with Gasteiger partial charge in [0.2, 0.25) is 5.95 Å². The average molecular weight is 434 g/mol. The molecule has 31 heavy (non-hydrogen) atoms. The first kappa shape index (κ1) is 21.4. The van der Waals surface area contributed by atoms with E-state index in [-0.39, 0.29) is 22.9 Å². The minimum Gasteiger partial charge on any atom is -0.326 e. The second-order valence-corrected chi connectivity index (χ2v) is 6.85. The normalized spacial score (nSPS) is 10.1. The molecule has 2 aromatic carbocycles. The zero-order valence-corrected chi connectivity index (χ0v) is 17.0. The van der Waals surface area contributed by atoms with E-state index in [2.05, 4.69) is 20.6 Å². The molecule has 0 saturated heterocycles. The summed E-state index contributed by atoms with van der Waals surface area (Å²) in [6.07, 6.45) is 0. The summed E-state index contributed by atoms with van der Waals surface area (Å²) in [7, 11) is 0. The molecule has 0 fully saturated rings. The fourth-order valence-corrected chi connectivity index (χ4v) is 2.75. The van der Waals surface area contributed by atoms with Gasteiger partial charge in [-0.15, -0.1) is 0 Å². The Hall–Kier alpha value is -4.29. The van der Waals surface area contributed by atoms with E-state index in [0.717, 1.165) is 0 Å². The zero-order valence-electron chi connectivity index (χ0n) is 16.2. The Morgan fingerprint density at radius 3 is 2.52 bits per heavy atom. The second-order valence-electron chi connectivity index (χ2n) is 6.42. The minimum atomic E-state index is -0.742. The number of halogens is 1. The number of carbonyl (C=O) groups is 1.